The molecule has 0 saturated carbocycles. The van der Waals surface area contributed by atoms with Crippen LogP contribution in [0.25, 0.3) is 60.8 Å². The van der Waals surface area contributed by atoms with Gasteiger partial charge in [-0.05, 0) is 61.7 Å². The Morgan fingerprint density at radius 2 is 1.24 bits per heavy atom. The summed E-state index contributed by atoms with van der Waals surface area (Å²) in [5.41, 5.74) is 11.0. The SMILES string of the molecule is C=C/C=C\C(=C/C)c1nc2c(c3cc4c5ccccc5n(C)c4cc3n2-c2ccccc2)n1-c1ccccc1.C=NC(=NCc1ccccc1)c1ccccc1.CCC. The van der Waals surface area contributed by atoms with Crippen LogP contribution in [-0.4, -0.2) is 31.2 Å². The molecule has 0 aliphatic heterocycles. The highest BCUT2D eigenvalue weighted by atomic mass is 15.2. The number of aryl methyl sites for hydroxylation is 1. The van der Waals surface area contributed by atoms with Gasteiger partial charge in [0, 0.05) is 51.2 Å². The van der Waals surface area contributed by atoms with E-state index in [4.69, 9.17) is 4.98 Å². The minimum atomic E-state index is 0.629. The summed E-state index contributed by atoms with van der Waals surface area (Å²) in [6.45, 7) is 14.4. The monoisotopic (exact) mass is 770 g/mol. The number of imidazole rings is 1. The molecule has 6 nitrogen and oxygen atoms in total. The Labute approximate surface area is 347 Å². The maximum atomic E-state index is 5.35. The molecule has 9 aromatic rings. The number of fused-ring (bicyclic) bond motifs is 6. The van der Waals surface area contributed by atoms with Crippen LogP contribution in [0.2, 0.25) is 0 Å². The van der Waals surface area contributed by atoms with Crippen molar-refractivity contribution in [2.45, 2.75) is 33.7 Å². The Morgan fingerprint density at radius 1 is 0.661 bits per heavy atom. The highest BCUT2D eigenvalue weighted by Crippen LogP contribution is 2.40. The Hall–Kier alpha value is -7.31. The van der Waals surface area contributed by atoms with Gasteiger partial charge in [-0.1, -0.05) is 166 Å². The smallest absolute Gasteiger partial charge is 0.165 e. The molecule has 6 heteroatoms. The molecule has 0 spiro atoms. The molecule has 0 aliphatic carbocycles. The van der Waals surface area contributed by atoms with Crippen LogP contribution in [0.5, 0.6) is 0 Å². The van der Waals surface area contributed by atoms with Crippen LogP contribution in [0.3, 0.4) is 0 Å². The number of para-hydroxylation sites is 3. The average molecular weight is 771 g/mol. The molecule has 0 amide bonds. The number of hydrogen-bond donors (Lipinski definition) is 0. The van der Waals surface area contributed by atoms with E-state index in [0.717, 1.165) is 45.0 Å². The van der Waals surface area contributed by atoms with E-state index in [-0.39, 0.29) is 0 Å². The van der Waals surface area contributed by atoms with Gasteiger partial charge < -0.3 is 4.57 Å². The highest BCUT2D eigenvalue weighted by molar-refractivity contribution is 6.18. The van der Waals surface area contributed by atoms with Gasteiger partial charge in [0.05, 0.1) is 17.6 Å². The lowest BCUT2D eigenvalue weighted by Gasteiger charge is -2.11. The van der Waals surface area contributed by atoms with E-state index in [9.17, 15) is 0 Å². The lowest BCUT2D eigenvalue weighted by Crippen LogP contribution is -2.00. The van der Waals surface area contributed by atoms with Gasteiger partial charge in [0.2, 0.25) is 0 Å². The number of nitrogens with zero attached hydrogens (tertiary/aromatic N) is 6. The van der Waals surface area contributed by atoms with E-state index < -0.39 is 0 Å². The maximum Gasteiger partial charge on any atom is 0.165 e. The Morgan fingerprint density at radius 3 is 1.85 bits per heavy atom. The number of benzene rings is 6. The van der Waals surface area contributed by atoms with Crippen molar-refractivity contribution in [2.75, 3.05) is 0 Å². The minimum Gasteiger partial charge on any atom is -0.344 e. The summed E-state index contributed by atoms with van der Waals surface area (Å²) >= 11 is 0. The molecule has 292 valence electrons. The third-order valence-electron chi connectivity index (χ3n) is 10.0. The first-order valence-electron chi connectivity index (χ1n) is 20.1. The standard InChI is InChI=1S/C35H28N4.C15H14N2.C3H8/c1-4-6-15-24(5-2)34-36-35-33(39(34)26-18-11-8-12-19-26)29-22-28-27-20-13-14-21-30(27)37(3)31(28)23-32(29)38(35)25-16-9-7-10-17-25;1-16-15(14-10-6-3-7-11-14)17-12-13-8-4-2-5-9-13;1-3-2/h4-23H,1H2,2-3H3;2-11H,1,12H2;3H2,1-2H3/b15-6-,24-5+;;. The number of rotatable bonds is 8. The van der Waals surface area contributed by atoms with Gasteiger partial charge in [-0.2, -0.15) is 0 Å². The molecule has 6 aromatic carbocycles. The fourth-order valence-corrected chi connectivity index (χ4v) is 7.39. The van der Waals surface area contributed by atoms with E-state index in [0.29, 0.717) is 12.4 Å². The van der Waals surface area contributed by atoms with Crippen LogP contribution in [0, 0.1) is 0 Å². The molecular weight excluding hydrogens is 721 g/mol. The zero-order valence-corrected chi connectivity index (χ0v) is 34.3. The van der Waals surface area contributed by atoms with E-state index >= 15 is 0 Å². The van der Waals surface area contributed by atoms with Crippen LogP contribution in [0.1, 0.15) is 44.1 Å². The molecule has 3 heterocycles. The molecule has 0 N–H and O–H groups in total. The molecule has 0 unspecified atom stereocenters. The summed E-state index contributed by atoms with van der Waals surface area (Å²) in [6.07, 6.45) is 9.20. The van der Waals surface area contributed by atoms with Gasteiger partial charge >= 0.3 is 0 Å². The Kier molecular flexibility index (Phi) is 12.7. The van der Waals surface area contributed by atoms with Gasteiger partial charge in [0.1, 0.15) is 11.3 Å². The van der Waals surface area contributed by atoms with Crippen molar-refractivity contribution in [3.05, 3.63) is 206 Å². The highest BCUT2D eigenvalue weighted by Gasteiger charge is 2.24. The molecule has 0 saturated heterocycles. The quantitative estimate of drug-likeness (QED) is 0.0862. The van der Waals surface area contributed by atoms with Crippen molar-refractivity contribution >= 4 is 62.0 Å². The number of aliphatic imine (C=N–C) groups is 2. The van der Waals surface area contributed by atoms with Crippen LogP contribution >= 0.6 is 0 Å². The first kappa shape index (κ1) is 39.9. The van der Waals surface area contributed by atoms with Gasteiger partial charge in [-0.15, -0.1) is 0 Å². The molecule has 9 rings (SSSR count). The van der Waals surface area contributed by atoms with Gasteiger partial charge in [0.25, 0.3) is 0 Å². The van der Waals surface area contributed by atoms with Crippen molar-refractivity contribution in [3.63, 3.8) is 0 Å². The van der Waals surface area contributed by atoms with E-state index in [1.54, 1.807) is 6.08 Å². The predicted molar refractivity (Wildman–Crippen MR) is 254 cm³/mol. The van der Waals surface area contributed by atoms with Crippen LogP contribution in [0.4, 0.5) is 0 Å². The van der Waals surface area contributed by atoms with Crippen molar-refractivity contribution in [2.24, 2.45) is 17.0 Å². The summed E-state index contributed by atoms with van der Waals surface area (Å²) in [4.78, 5) is 13.8. The fourth-order valence-electron chi connectivity index (χ4n) is 7.39. The van der Waals surface area contributed by atoms with Gasteiger partial charge in [-0.25, -0.2) is 9.98 Å². The molecule has 0 aliphatic rings. The van der Waals surface area contributed by atoms with Crippen LogP contribution in [-0.2, 0) is 13.6 Å². The van der Waals surface area contributed by atoms with E-state index in [1.165, 1.54) is 39.2 Å². The topological polar surface area (TPSA) is 52.4 Å². The first-order valence-corrected chi connectivity index (χ1v) is 20.1. The van der Waals surface area contributed by atoms with Gasteiger partial charge in [-0.3, -0.25) is 14.1 Å². The van der Waals surface area contributed by atoms with Crippen LogP contribution < -0.4 is 0 Å². The zero-order valence-electron chi connectivity index (χ0n) is 34.3. The second-order valence-electron chi connectivity index (χ2n) is 14.1. The Balaban J connectivity index is 0.000000221. The second-order valence-corrected chi connectivity index (χ2v) is 14.1. The molecular formula is C53H50N6. The summed E-state index contributed by atoms with van der Waals surface area (Å²) in [6, 6.07) is 54.4. The van der Waals surface area contributed by atoms with Crippen molar-refractivity contribution in [1.29, 1.82) is 0 Å². The lowest BCUT2D eigenvalue weighted by atomic mass is 10.1. The summed E-state index contributed by atoms with van der Waals surface area (Å²) in [7, 11) is 2.15. The van der Waals surface area contributed by atoms with E-state index in [2.05, 4.69) is 186 Å². The summed E-state index contributed by atoms with van der Waals surface area (Å²) in [5, 5.41) is 3.67. The summed E-state index contributed by atoms with van der Waals surface area (Å²) < 4.78 is 6.89. The normalized spacial score (nSPS) is 11.8. The van der Waals surface area contributed by atoms with Crippen molar-refractivity contribution in [1.82, 2.24) is 18.7 Å². The molecule has 3 aromatic heterocycles. The van der Waals surface area contributed by atoms with Crippen molar-refractivity contribution in [3.8, 4) is 11.4 Å². The number of hydrogen-bond acceptors (Lipinski definition) is 2. The maximum absolute atomic E-state index is 5.35. The largest absolute Gasteiger partial charge is 0.344 e. The lowest BCUT2D eigenvalue weighted by molar-refractivity contribution is 1.01. The van der Waals surface area contributed by atoms with Gasteiger partial charge in [0.15, 0.2) is 11.5 Å². The first-order chi connectivity index (χ1) is 29.0. The summed E-state index contributed by atoms with van der Waals surface area (Å²) in [5.74, 6) is 1.59. The zero-order chi connectivity index (χ0) is 41.1. The molecule has 0 bridgehead atoms. The Bertz CT molecular complexity index is 2930. The van der Waals surface area contributed by atoms with Crippen LogP contribution in [0.15, 0.2) is 199 Å². The molecule has 0 atom stereocenters. The second kappa shape index (κ2) is 18.8. The fraction of sp³-hybridized carbons (Fsp3) is 0.113. The molecule has 0 radical (unpaired) electrons. The average Bonchev–Trinajstić information content (AvgIpc) is 3.91. The van der Waals surface area contributed by atoms with E-state index in [1.807, 2.05) is 54.6 Å². The minimum absolute atomic E-state index is 0.629. The number of aromatic nitrogens is 4. The predicted octanol–water partition coefficient (Wildman–Crippen LogP) is 13.5. The number of allylic oxidation sites excluding steroid dienone is 5. The molecule has 59 heavy (non-hydrogen) atoms. The third-order valence-corrected chi connectivity index (χ3v) is 10.0. The van der Waals surface area contributed by atoms with Crippen molar-refractivity contribution < 1.29 is 0 Å². The third kappa shape index (κ3) is 8.25. The molecule has 0 fully saturated rings. The number of amidine groups is 1.